The predicted octanol–water partition coefficient (Wildman–Crippen LogP) is 5.61. The van der Waals surface area contributed by atoms with Crippen molar-refractivity contribution in [1.29, 1.82) is 0 Å². The number of nitrogens with two attached hydrogens (primary N) is 1. The van der Waals surface area contributed by atoms with Crippen molar-refractivity contribution in [1.82, 2.24) is 9.80 Å². The molecule has 226 valence electrons. The van der Waals surface area contributed by atoms with Gasteiger partial charge in [0, 0.05) is 37.3 Å². The number of halogens is 3. The Morgan fingerprint density at radius 2 is 1.70 bits per heavy atom. The van der Waals surface area contributed by atoms with E-state index < -0.39 is 33.7 Å². The molecular weight excluding hydrogens is 581 g/mol. The molecule has 3 aromatic rings. The molecule has 12 heteroatoms. The summed E-state index contributed by atoms with van der Waals surface area (Å²) in [5.74, 6) is -1.33. The molecule has 1 heterocycles. The lowest BCUT2D eigenvalue weighted by Crippen LogP contribution is -2.52. The van der Waals surface area contributed by atoms with Gasteiger partial charge in [0.15, 0.2) is 5.75 Å². The van der Waals surface area contributed by atoms with Crippen LogP contribution in [0.25, 0.3) is 6.08 Å². The number of hydrogen-bond donors (Lipinski definition) is 2. The Bertz CT molecular complexity index is 1650. The van der Waals surface area contributed by atoms with Crippen LogP contribution in [0.3, 0.4) is 0 Å². The van der Waals surface area contributed by atoms with Gasteiger partial charge in [0.05, 0.1) is 11.4 Å². The number of anilines is 2. The van der Waals surface area contributed by atoms with Crippen molar-refractivity contribution in [2.45, 2.75) is 29.6 Å². The van der Waals surface area contributed by atoms with Crippen molar-refractivity contribution in [3.8, 4) is 5.75 Å². The van der Waals surface area contributed by atoms with Gasteiger partial charge in [0.2, 0.25) is 0 Å². The van der Waals surface area contributed by atoms with Gasteiger partial charge in [-0.05, 0) is 48.2 Å². The number of para-hydroxylation sites is 1. The third-order valence-corrected chi connectivity index (χ3v) is 9.13. The number of alkyl halides is 3. The van der Waals surface area contributed by atoms with Gasteiger partial charge in [-0.25, -0.2) is 8.42 Å². The third-order valence-electron chi connectivity index (χ3n) is 7.71. The summed E-state index contributed by atoms with van der Waals surface area (Å²) in [6.45, 7) is 5.58. The number of hydrogen-bond acceptors (Lipinski definition) is 6. The van der Waals surface area contributed by atoms with E-state index in [9.17, 15) is 26.4 Å². The zero-order valence-electron chi connectivity index (χ0n) is 23.2. The van der Waals surface area contributed by atoms with Crippen LogP contribution in [0.1, 0.15) is 34.3 Å². The molecule has 5 rings (SSSR count). The number of nitrogens with one attached hydrogen (secondary N) is 1. The second kappa shape index (κ2) is 11.8. The Morgan fingerprint density at radius 1 is 1.00 bits per heavy atom. The SMILES string of the molecule is C=C/C=C\c1cccc(S(=O)(=O)Nc2ccc(C(=O)N3CCN(C4(c5ccccc5)CC4)CC3)cc2OC(F)(F)F)c1N. The van der Waals surface area contributed by atoms with Gasteiger partial charge in [-0.2, -0.15) is 0 Å². The average Bonchev–Trinajstić information content (AvgIpc) is 3.79. The lowest BCUT2D eigenvalue weighted by atomic mass is 10.0. The number of sulfonamides is 1. The fraction of sp³-hybridized carbons (Fsp3) is 0.258. The van der Waals surface area contributed by atoms with E-state index in [0.29, 0.717) is 31.7 Å². The van der Waals surface area contributed by atoms with Gasteiger partial charge in [-0.1, -0.05) is 67.3 Å². The van der Waals surface area contributed by atoms with Crippen LogP contribution in [0.4, 0.5) is 24.5 Å². The summed E-state index contributed by atoms with van der Waals surface area (Å²) < 4.78 is 72.8. The summed E-state index contributed by atoms with van der Waals surface area (Å²) in [7, 11) is -4.44. The maximum atomic E-state index is 13.4. The molecular formula is C31H31F3N4O4S. The van der Waals surface area contributed by atoms with Crippen LogP contribution in [0.15, 0.2) is 90.4 Å². The van der Waals surface area contributed by atoms with Crippen molar-refractivity contribution < 1.29 is 31.1 Å². The van der Waals surface area contributed by atoms with Crippen LogP contribution >= 0.6 is 0 Å². The molecule has 8 nitrogen and oxygen atoms in total. The molecule has 0 radical (unpaired) electrons. The molecule has 1 saturated heterocycles. The summed E-state index contributed by atoms with van der Waals surface area (Å²) >= 11 is 0. The topological polar surface area (TPSA) is 105 Å². The highest BCUT2D eigenvalue weighted by atomic mass is 32.2. The lowest BCUT2D eigenvalue weighted by molar-refractivity contribution is -0.274. The summed E-state index contributed by atoms with van der Waals surface area (Å²) in [4.78, 5) is 17.0. The summed E-state index contributed by atoms with van der Waals surface area (Å²) in [6.07, 6.45) is 1.51. The normalized spacial score (nSPS) is 17.0. The van der Waals surface area contributed by atoms with E-state index in [0.717, 1.165) is 25.0 Å². The highest BCUT2D eigenvalue weighted by Crippen LogP contribution is 2.51. The van der Waals surface area contributed by atoms with Gasteiger partial charge in [-0.3, -0.25) is 14.4 Å². The summed E-state index contributed by atoms with van der Waals surface area (Å²) in [5, 5.41) is 0. The number of amides is 1. The van der Waals surface area contributed by atoms with Gasteiger partial charge in [0.1, 0.15) is 4.90 Å². The van der Waals surface area contributed by atoms with Crippen LogP contribution in [-0.4, -0.2) is 56.7 Å². The van der Waals surface area contributed by atoms with Gasteiger partial charge >= 0.3 is 6.36 Å². The molecule has 2 aliphatic rings. The standard InChI is InChI=1S/C31H31F3N4O4S/c1-2-3-8-22-9-7-12-27(28(22)35)43(40,41)36-25-14-13-23(21-26(25)42-31(32,33)34)29(39)37-17-19-38(20-18-37)30(15-16-30)24-10-5-4-6-11-24/h2-14,21,36H,1,15-20,35H2/b8-3-. The van der Waals surface area contributed by atoms with Gasteiger partial charge in [-0.15, -0.1) is 13.2 Å². The molecule has 0 spiro atoms. The van der Waals surface area contributed by atoms with E-state index >= 15 is 0 Å². The molecule has 1 aliphatic heterocycles. The first-order valence-corrected chi connectivity index (χ1v) is 15.1. The Labute approximate surface area is 248 Å². The van der Waals surface area contributed by atoms with Crippen molar-refractivity contribution in [2.24, 2.45) is 0 Å². The third kappa shape index (κ3) is 6.55. The van der Waals surface area contributed by atoms with E-state index in [1.165, 1.54) is 29.8 Å². The number of carbonyl (C=O) groups is 1. The molecule has 3 N–H and O–H groups in total. The Hall–Kier alpha value is -4.29. The molecule has 1 saturated carbocycles. The number of piperazine rings is 1. The minimum Gasteiger partial charge on any atom is -0.404 e. The minimum absolute atomic E-state index is 0.0340. The maximum Gasteiger partial charge on any atom is 0.573 e. The fourth-order valence-corrected chi connectivity index (χ4v) is 6.67. The minimum atomic E-state index is -5.14. The Morgan fingerprint density at radius 3 is 2.33 bits per heavy atom. The smallest absolute Gasteiger partial charge is 0.404 e. The molecule has 3 aromatic carbocycles. The van der Waals surface area contributed by atoms with E-state index in [-0.39, 0.29) is 21.7 Å². The number of ether oxygens (including phenoxy) is 1. The number of nitrogen functional groups attached to an aromatic ring is 1. The Kier molecular flexibility index (Phi) is 8.26. The molecule has 1 aliphatic carbocycles. The van der Waals surface area contributed by atoms with Crippen molar-refractivity contribution in [3.05, 3.63) is 102 Å². The molecule has 0 aromatic heterocycles. The van der Waals surface area contributed by atoms with Crippen LogP contribution in [0.5, 0.6) is 5.75 Å². The number of benzene rings is 3. The zero-order chi connectivity index (χ0) is 30.8. The quantitative estimate of drug-likeness (QED) is 0.240. The maximum absolute atomic E-state index is 13.4. The molecule has 0 unspecified atom stereocenters. The van der Waals surface area contributed by atoms with Crippen LogP contribution < -0.4 is 15.2 Å². The monoisotopic (exact) mass is 612 g/mol. The van der Waals surface area contributed by atoms with Gasteiger partial charge < -0.3 is 15.4 Å². The van der Waals surface area contributed by atoms with Crippen molar-refractivity contribution in [2.75, 3.05) is 36.6 Å². The number of rotatable bonds is 9. The van der Waals surface area contributed by atoms with E-state index in [1.807, 2.05) is 18.2 Å². The first-order chi connectivity index (χ1) is 20.4. The first-order valence-electron chi connectivity index (χ1n) is 13.6. The van der Waals surface area contributed by atoms with Crippen LogP contribution in [0.2, 0.25) is 0 Å². The molecule has 2 fully saturated rings. The second-order valence-corrected chi connectivity index (χ2v) is 12.0. The lowest BCUT2D eigenvalue weighted by Gasteiger charge is -2.40. The van der Waals surface area contributed by atoms with Gasteiger partial charge in [0.25, 0.3) is 15.9 Å². The molecule has 0 bridgehead atoms. The Balaban J connectivity index is 1.35. The molecule has 43 heavy (non-hydrogen) atoms. The second-order valence-electron chi connectivity index (χ2n) is 10.4. The fourth-order valence-electron chi connectivity index (χ4n) is 5.44. The summed E-state index contributed by atoms with van der Waals surface area (Å²) in [6, 6.07) is 17.7. The van der Waals surface area contributed by atoms with Crippen molar-refractivity contribution >= 4 is 33.4 Å². The summed E-state index contributed by atoms with van der Waals surface area (Å²) in [5.41, 5.74) is 6.99. The molecule has 0 atom stereocenters. The van der Waals surface area contributed by atoms with Crippen molar-refractivity contribution in [3.63, 3.8) is 0 Å². The van der Waals surface area contributed by atoms with E-state index in [4.69, 9.17) is 5.73 Å². The zero-order valence-corrected chi connectivity index (χ0v) is 24.0. The highest BCUT2D eigenvalue weighted by molar-refractivity contribution is 7.92. The van der Waals surface area contributed by atoms with E-state index in [1.54, 1.807) is 23.1 Å². The highest BCUT2D eigenvalue weighted by Gasteiger charge is 2.50. The van der Waals surface area contributed by atoms with E-state index in [2.05, 4.69) is 33.1 Å². The molecule has 1 amide bonds. The number of allylic oxidation sites excluding steroid dienone is 2. The predicted molar refractivity (Wildman–Crippen MR) is 159 cm³/mol. The largest absolute Gasteiger partial charge is 0.573 e. The number of nitrogens with zero attached hydrogens (tertiary/aromatic N) is 2. The average molecular weight is 613 g/mol. The van der Waals surface area contributed by atoms with Crippen LogP contribution in [0, 0.1) is 0 Å². The number of carbonyl (C=O) groups excluding carboxylic acids is 1. The van der Waals surface area contributed by atoms with Crippen LogP contribution in [-0.2, 0) is 15.6 Å². The first kappa shape index (κ1) is 30.2.